The van der Waals surface area contributed by atoms with Crippen LogP contribution in [0.4, 0.5) is 0 Å². The molecular weight excluding hydrogens is 262 g/mol. The predicted molar refractivity (Wildman–Crippen MR) is 93.4 cm³/mol. The quantitative estimate of drug-likeness (QED) is 0.676. The molecule has 1 N–H and O–H groups in total. The van der Waals surface area contributed by atoms with E-state index in [1.807, 2.05) is 0 Å². The smallest absolute Gasteiger partial charge is 0.0443 e. The van der Waals surface area contributed by atoms with Gasteiger partial charge < -0.3 is 5.32 Å². The molecule has 0 aliphatic heterocycles. The second-order valence-corrected chi connectivity index (χ2v) is 7.21. The summed E-state index contributed by atoms with van der Waals surface area (Å²) in [6.45, 7) is 12.6. The first-order valence-electron chi connectivity index (χ1n) is 8.00. The Kier molecular flexibility index (Phi) is 8.32. The van der Waals surface area contributed by atoms with Gasteiger partial charge in [0.1, 0.15) is 0 Å². The van der Waals surface area contributed by atoms with Crippen molar-refractivity contribution in [2.24, 2.45) is 11.8 Å². The van der Waals surface area contributed by atoms with E-state index in [-0.39, 0.29) is 0 Å². The monoisotopic (exact) mass is 293 g/mol. The van der Waals surface area contributed by atoms with Crippen molar-refractivity contribution in [3.8, 4) is 0 Å². The van der Waals surface area contributed by atoms with Crippen molar-refractivity contribution in [2.45, 2.75) is 52.3 Å². The molecule has 2 heteroatoms. The first-order chi connectivity index (χ1) is 9.60. The third kappa shape index (κ3) is 5.49. The molecule has 0 fully saturated rings. The van der Waals surface area contributed by atoms with Gasteiger partial charge in [0.25, 0.3) is 0 Å². The molecule has 0 heterocycles. The zero-order valence-electron chi connectivity index (χ0n) is 13.7. The average Bonchev–Trinajstić information content (AvgIpc) is 2.46. The molecule has 20 heavy (non-hydrogen) atoms. The number of hydrogen-bond acceptors (Lipinski definition) is 2. The molecule has 0 spiro atoms. The lowest BCUT2D eigenvalue weighted by molar-refractivity contribution is 0.452. The summed E-state index contributed by atoms with van der Waals surface area (Å²) in [5, 5.41) is 4.33. The van der Waals surface area contributed by atoms with Crippen molar-refractivity contribution in [1.82, 2.24) is 5.32 Å². The summed E-state index contributed by atoms with van der Waals surface area (Å²) >= 11 is 2.14. The van der Waals surface area contributed by atoms with Gasteiger partial charge >= 0.3 is 0 Å². The lowest BCUT2D eigenvalue weighted by Gasteiger charge is -2.31. The van der Waals surface area contributed by atoms with E-state index in [1.54, 1.807) is 0 Å². The van der Waals surface area contributed by atoms with E-state index < -0.39 is 0 Å². The van der Waals surface area contributed by atoms with Gasteiger partial charge in [-0.2, -0.15) is 11.8 Å². The SMILES string of the molecule is CCNC(c1ccccc1)C(SCC(C)CC)C(C)C. The van der Waals surface area contributed by atoms with Gasteiger partial charge in [-0.05, 0) is 29.7 Å². The molecule has 0 saturated carbocycles. The van der Waals surface area contributed by atoms with Gasteiger partial charge in [0.15, 0.2) is 0 Å². The Labute approximate surface area is 129 Å². The van der Waals surface area contributed by atoms with E-state index >= 15 is 0 Å². The third-order valence-corrected chi connectivity index (χ3v) is 5.80. The minimum Gasteiger partial charge on any atom is -0.309 e. The van der Waals surface area contributed by atoms with E-state index in [0.29, 0.717) is 17.2 Å². The summed E-state index contributed by atoms with van der Waals surface area (Å²) in [6.07, 6.45) is 1.27. The Bertz CT molecular complexity index is 350. The number of rotatable bonds is 9. The highest BCUT2D eigenvalue weighted by Gasteiger charge is 2.26. The molecule has 1 rings (SSSR count). The van der Waals surface area contributed by atoms with Gasteiger partial charge in [-0.3, -0.25) is 0 Å². The third-order valence-electron chi connectivity index (χ3n) is 3.84. The van der Waals surface area contributed by atoms with Crippen LogP contribution in [0, 0.1) is 11.8 Å². The molecule has 0 aliphatic rings. The van der Waals surface area contributed by atoms with Crippen molar-refractivity contribution in [3.63, 3.8) is 0 Å². The summed E-state index contributed by atoms with van der Waals surface area (Å²) < 4.78 is 0. The Hall–Kier alpha value is -0.470. The molecule has 0 amide bonds. The fraction of sp³-hybridized carbons (Fsp3) is 0.667. The van der Waals surface area contributed by atoms with Gasteiger partial charge in [-0.1, -0.05) is 71.4 Å². The molecule has 0 radical (unpaired) electrons. The maximum atomic E-state index is 3.70. The highest BCUT2D eigenvalue weighted by molar-refractivity contribution is 7.99. The van der Waals surface area contributed by atoms with Gasteiger partial charge in [-0.25, -0.2) is 0 Å². The molecule has 0 aliphatic carbocycles. The molecule has 1 nitrogen and oxygen atoms in total. The molecule has 0 bridgehead atoms. The maximum Gasteiger partial charge on any atom is 0.0443 e. The normalized spacial score (nSPS) is 16.1. The van der Waals surface area contributed by atoms with Crippen LogP contribution in [0.5, 0.6) is 0 Å². The molecule has 3 atom stereocenters. The second-order valence-electron chi connectivity index (χ2n) is 6.00. The van der Waals surface area contributed by atoms with Crippen molar-refractivity contribution < 1.29 is 0 Å². The largest absolute Gasteiger partial charge is 0.309 e. The Morgan fingerprint density at radius 1 is 1.05 bits per heavy atom. The van der Waals surface area contributed by atoms with Crippen LogP contribution in [-0.2, 0) is 0 Å². The fourth-order valence-corrected chi connectivity index (χ4v) is 3.99. The highest BCUT2D eigenvalue weighted by atomic mass is 32.2. The summed E-state index contributed by atoms with van der Waals surface area (Å²) in [7, 11) is 0. The zero-order valence-corrected chi connectivity index (χ0v) is 14.5. The van der Waals surface area contributed by atoms with Crippen molar-refractivity contribution in [2.75, 3.05) is 12.3 Å². The standard InChI is InChI=1S/C18H31NS/c1-6-15(5)13-20-18(14(3)4)17(19-7-2)16-11-9-8-10-12-16/h8-12,14-15,17-19H,6-7,13H2,1-5H3. The predicted octanol–water partition coefficient (Wildman–Crippen LogP) is 5.14. The molecule has 0 aromatic heterocycles. The lowest BCUT2D eigenvalue weighted by Crippen LogP contribution is -2.33. The van der Waals surface area contributed by atoms with Crippen LogP contribution in [0.2, 0.25) is 0 Å². The van der Waals surface area contributed by atoms with E-state index in [1.165, 1.54) is 17.7 Å². The summed E-state index contributed by atoms with van der Waals surface area (Å²) in [5.74, 6) is 2.74. The Balaban J connectivity index is 2.83. The molecular formula is C18H31NS. The molecule has 1 aromatic rings. The van der Waals surface area contributed by atoms with E-state index in [2.05, 4.69) is 82.0 Å². The Morgan fingerprint density at radius 3 is 2.20 bits per heavy atom. The van der Waals surface area contributed by atoms with E-state index in [9.17, 15) is 0 Å². The summed E-state index contributed by atoms with van der Waals surface area (Å²) in [4.78, 5) is 0. The number of nitrogens with one attached hydrogen (secondary N) is 1. The first-order valence-corrected chi connectivity index (χ1v) is 9.04. The van der Waals surface area contributed by atoms with Gasteiger partial charge in [-0.15, -0.1) is 0 Å². The van der Waals surface area contributed by atoms with Crippen LogP contribution >= 0.6 is 11.8 Å². The van der Waals surface area contributed by atoms with E-state index in [0.717, 1.165) is 12.5 Å². The lowest BCUT2D eigenvalue weighted by atomic mass is 9.96. The van der Waals surface area contributed by atoms with Crippen LogP contribution in [0.15, 0.2) is 30.3 Å². The number of thioether (sulfide) groups is 1. The van der Waals surface area contributed by atoms with Gasteiger partial charge in [0, 0.05) is 11.3 Å². The first kappa shape index (κ1) is 17.6. The van der Waals surface area contributed by atoms with Crippen LogP contribution in [0.1, 0.15) is 52.6 Å². The van der Waals surface area contributed by atoms with Crippen LogP contribution in [0.3, 0.4) is 0 Å². The number of hydrogen-bond donors (Lipinski definition) is 1. The minimum absolute atomic E-state index is 0.454. The summed E-state index contributed by atoms with van der Waals surface area (Å²) in [6, 6.07) is 11.4. The van der Waals surface area contributed by atoms with Gasteiger partial charge in [0.05, 0.1) is 0 Å². The zero-order chi connectivity index (χ0) is 15.0. The van der Waals surface area contributed by atoms with Gasteiger partial charge in [0.2, 0.25) is 0 Å². The highest BCUT2D eigenvalue weighted by Crippen LogP contribution is 2.33. The minimum atomic E-state index is 0.454. The topological polar surface area (TPSA) is 12.0 Å². The average molecular weight is 294 g/mol. The number of benzene rings is 1. The molecule has 3 unspecified atom stereocenters. The second kappa shape index (κ2) is 9.46. The molecule has 0 saturated heterocycles. The van der Waals surface area contributed by atoms with Crippen molar-refractivity contribution in [3.05, 3.63) is 35.9 Å². The van der Waals surface area contributed by atoms with Crippen LogP contribution in [-0.4, -0.2) is 17.5 Å². The maximum absolute atomic E-state index is 3.70. The molecule has 114 valence electrons. The van der Waals surface area contributed by atoms with E-state index in [4.69, 9.17) is 0 Å². The summed E-state index contributed by atoms with van der Waals surface area (Å²) in [5.41, 5.74) is 1.42. The van der Waals surface area contributed by atoms with Crippen LogP contribution < -0.4 is 5.32 Å². The van der Waals surface area contributed by atoms with Crippen molar-refractivity contribution >= 4 is 11.8 Å². The van der Waals surface area contributed by atoms with Crippen molar-refractivity contribution in [1.29, 1.82) is 0 Å². The fourth-order valence-electron chi connectivity index (χ4n) is 2.37. The molecule has 1 aromatic carbocycles. The Morgan fingerprint density at radius 2 is 1.70 bits per heavy atom. The van der Waals surface area contributed by atoms with Crippen LogP contribution in [0.25, 0.3) is 0 Å².